The number of rotatable bonds is 8. The summed E-state index contributed by atoms with van der Waals surface area (Å²) < 4.78 is 31.8. The zero-order valence-corrected chi connectivity index (χ0v) is 23.7. The Labute approximate surface area is 231 Å². The van der Waals surface area contributed by atoms with E-state index in [1.807, 2.05) is 25.1 Å². The van der Waals surface area contributed by atoms with Crippen LogP contribution in [0.15, 0.2) is 54.6 Å². The second kappa shape index (κ2) is 11.0. The van der Waals surface area contributed by atoms with Crippen molar-refractivity contribution in [2.75, 3.05) is 14.2 Å². The van der Waals surface area contributed by atoms with Crippen LogP contribution in [-0.4, -0.2) is 20.2 Å². The molecule has 0 aliphatic heterocycles. The highest BCUT2D eigenvalue weighted by Gasteiger charge is 2.37. The predicted octanol–water partition coefficient (Wildman–Crippen LogP) is 8.21. The van der Waals surface area contributed by atoms with E-state index in [2.05, 4.69) is 32.0 Å². The van der Waals surface area contributed by atoms with Crippen LogP contribution < -0.4 is 9.47 Å². The molecule has 5 rings (SSSR count). The summed E-state index contributed by atoms with van der Waals surface area (Å²) in [7, 11) is 3.05. The fourth-order valence-electron chi connectivity index (χ4n) is 6.71. The van der Waals surface area contributed by atoms with Crippen molar-refractivity contribution < 1.29 is 23.4 Å². The molecule has 3 aromatic carbocycles. The van der Waals surface area contributed by atoms with Crippen molar-refractivity contribution in [3.8, 4) is 22.6 Å². The summed E-state index contributed by atoms with van der Waals surface area (Å²) in [6.07, 6.45) is 5.31. The highest BCUT2D eigenvalue weighted by Crippen LogP contribution is 2.51. The van der Waals surface area contributed by atoms with Gasteiger partial charge in [0.15, 0.2) is 0 Å². The highest BCUT2D eigenvalue weighted by atomic mass is 19.1. The van der Waals surface area contributed by atoms with Crippen molar-refractivity contribution in [3.05, 3.63) is 82.7 Å². The fourth-order valence-corrected chi connectivity index (χ4v) is 6.71. The molecule has 0 unspecified atom stereocenters. The lowest BCUT2D eigenvalue weighted by molar-refractivity contribution is -0.145. The molecule has 1 saturated carbocycles. The minimum Gasteiger partial charge on any atom is -0.497 e. The average molecular weight is 531 g/mol. The summed E-state index contributed by atoms with van der Waals surface area (Å²) in [5, 5.41) is 0. The van der Waals surface area contributed by atoms with Crippen LogP contribution in [-0.2, 0) is 22.6 Å². The Hall–Kier alpha value is -3.34. The number of halogens is 1. The van der Waals surface area contributed by atoms with Crippen LogP contribution in [0.2, 0.25) is 0 Å². The standard InChI is InChI=1S/C34H39FO4/c1-21(33(36)38-5)26-14-10-23-9-11-25(19-28(23)26)39-20-22-8-13-27(30-18-24(37-4)12-15-32(30)35)29(17-22)31-7-6-16-34(31,2)3/h8-9,11-13,15,17-19,21,26,31H,6-7,10,14,16,20H2,1-5H3/t21-,26-,31+/m1/s1. The number of esters is 1. The molecule has 0 N–H and O–H groups in total. The first-order valence-electron chi connectivity index (χ1n) is 14.0. The number of hydrogen-bond donors (Lipinski definition) is 0. The van der Waals surface area contributed by atoms with Crippen LogP contribution in [0.3, 0.4) is 0 Å². The van der Waals surface area contributed by atoms with E-state index in [0.717, 1.165) is 42.6 Å². The van der Waals surface area contributed by atoms with Crippen LogP contribution in [0.5, 0.6) is 11.5 Å². The second-order valence-corrected chi connectivity index (χ2v) is 11.8. The molecule has 206 valence electrons. The Bertz CT molecular complexity index is 1360. The molecule has 0 saturated heterocycles. The van der Waals surface area contributed by atoms with Crippen LogP contribution in [0.4, 0.5) is 4.39 Å². The Morgan fingerprint density at radius 1 is 0.974 bits per heavy atom. The molecule has 1 fully saturated rings. The van der Waals surface area contributed by atoms with Gasteiger partial charge >= 0.3 is 5.97 Å². The van der Waals surface area contributed by atoms with Gasteiger partial charge in [0.2, 0.25) is 0 Å². The monoisotopic (exact) mass is 530 g/mol. The van der Waals surface area contributed by atoms with Crippen molar-refractivity contribution in [2.24, 2.45) is 11.3 Å². The van der Waals surface area contributed by atoms with E-state index < -0.39 is 0 Å². The SMILES string of the molecule is COC(=O)[C@H](C)[C@H]1CCc2ccc(OCc3ccc(-c4cc(OC)ccc4F)c([C@@H]4CCCC4(C)C)c3)cc21. The molecule has 0 radical (unpaired) electrons. The molecule has 3 aromatic rings. The van der Waals surface area contributed by atoms with Gasteiger partial charge in [0.25, 0.3) is 0 Å². The van der Waals surface area contributed by atoms with Crippen LogP contribution in [0.25, 0.3) is 11.1 Å². The van der Waals surface area contributed by atoms with E-state index in [9.17, 15) is 4.79 Å². The molecular weight excluding hydrogens is 491 g/mol. The van der Waals surface area contributed by atoms with Crippen LogP contribution in [0.1, 0.15) is 80.5 Å². The van der Waals surface area contributed by atoms with Gasteiger partial charge in [-0.1, -0.05) is 51.5 Å². The molecule has 0 bridgehead atoms. The van der Waals surface area contributed by atoms with Crippen molar-refractivity contribution in [3.63, 3.8) is 0 Å². The number of carbonyl (C=O) groups excluding carboxylic acids is 1. The van der Waals surface area contributed by atoms with Crippen molar-refractivity contribution in [2.45, 2.75) is 71.3 Å². The molecular formula is C34H39FO4. The van der Waals surface area contributed by atoms with E-state index in [0.29, 0.717) is 23.8 Å². The van der Waals surface area contributed by atoms with Gasteiger partial charge in [0, 0.05) is 5.56 Å². The van der Waals surface area contributed by atoms with E-state index in [4.69, 9.17) is 14.2 Å². The third kappa shape index (κ3) is 5.41. The third-order valence-electron chi connectivity index (χ3n) is 9.04. The average Bonchev–Trinajstić information content (AvgIpc) is 3.53. The van der Waals surface area contributed by atoms with Crippen LogP contribution >= 0.6 is 0 Å². The summed E-state index contributed by atoms with van der Waals surface area (Å²) >= 11 is 0. The molecule has 0 amide bonds. The zero-order chi connectivity index (χ0) is 27.7. The van der Waals surface area contributed by atoms with Gasteiger partial charge in [0.05, 0.1) is 20.1 Å². The first-order valence-corrected chi connectivity index (χ1v) is 14.0. The molecule has 3 atom stereocenters. The lowest BCUT2D eigenvalue weighted by Gasteiger charge is -2.30. The molecule has 0 heterocycles. The predicted molar refractivity (Wildman–Crippen MR) is 152 cm³/mol. The maximum Gasteiger partial charge on any atom is 0.308 e. The van der Waals surface area contributed by atoms with Gasteiger partial charge in [-0.15, -0.1) is 0 Å². The molecule has 39 heavy (non-hydrogen) atoms. The summed E-state index contributed by atoms with van der Waals surface area (Å²) in [5.74, 6) is 1.31. The maximum atomic E-state index is 15.1. The molecule has 0 aromatic heterocycles. The van der Waals surface area contributed by atoms with Gasteiger partial charge in [-0.2, -0.15) is 0 Å². The number of ether oxygens (including phenoxy) is 3. The summed E-state index contributed by atoms with van der Waals surface area (Å²) in [4.78, 5) is 12.2. The number of benzene rings is 3. The third-order valence-corrected chi connectivity index (χ3v) is 9.04. The molecule has 4 nitrogen and oxygen atoms in total. The first-order chi connectivity index (χ1) is 18.7. The molecule has 0 spiro atoms. The Balaban J connectivity index is 1.43. The van der Waals surface area contributed by atoms with E-state index in [-0.39, 0.29) is 29.0 Å². The smallest absolute Gasteiger partial charge is 0.308 e. The summed E-state index contributed by atoms with van der Waals surface area (Å²) in [5.41, 5.74) is 6.32. The zero-order valence-electron chi connectivity index (χ0n) is 23.7. The minimum atomic E-state index is -0.245. The summed E-state index contributed by atoms with van der Waals surface area (Å²) in [6.45, 7) is 6.99. The van der Waals surface area contributed by atoms with E-state index in [1.165, 1.54) is 36.3 Å². The Kier molecular flexibility index (Phi) is 7.70. The van der Waals surface area contributed by atoms with Gasteiger partial charge in [-0.3, -0.25) is 4.79 Å². The first kappa shape index (κ1) is 27.2. The maximum absolute atomic E-state index is 15.1. The Morgan fingerprint density at radius 3 is 2.49 bits per heavy atom. The topological polar surface area (TPSA) is 44.8 Å². The normalized spacial score (nSPS) is 20.4. The van der Waals surface area contributed by atoms with Gasteiger partial charge < -0.3 is 14.2 Å². The number of hydrogen-bond acceptors (Lipinski definition) is 4. The second-order valence-electron chi connectivity index (χ2n) is 11.8. The fraction of sp³-hybridized carbons (Fsp3) is 0.441. The lowest BCUT2D eigenvalue weighted by atomic mass is 9.75. The minimum absolute atomic E-state index is 0.134. The Morgan fingerprint density at radius 2 is 1.77 bits per heavy atom. The van der Waals surface area contributed by atoms with Crippen molar-refractivity contribution >= 4 is 5.97 Å². The lowest BCUT2D eigenvalue weighted by Crippen LogP contribution is -2.19. The van der Waals surface area contributed by atoms with Crippen LogP contribution in [0, 0.1) is 17.2 Å². The molecule has 5 heteroatoms. The van der Waals surface area contributed by atoms with Crippen molar-refractivity contribution in [1.29, 1.82) is 0 Å². The number of aryl methyl sites for hydroxylation is 1. The number of carbonyl (C=O) groups is 1. The highest BCUT2D eigenvalue weighted by molar-refractivity contribution is 5.73. The van der Waals surface area contributed by atoms with Crippen molar-refractivity contribution in [1.82, 2.24) is 0 Å². The van der Waals surface area contributed by atoms with Gasteiger partial charge in [-0.25, -0.2) is 4.39 Å². The number of fused-ring (bicyclic) bond motifs is 1. The van der Waals surface area contributed by atoms with Gasteiger partial charge in [0.1, 0.15) is 23.9 Å². The van der Waals surface area contributed by atoms with E-state index >= 15 is 4.39 Å². The van der Waals surface area contributed by atoms with Gasteiger partial charge in [-0.05, 0) is 101 Å². The number of methoxy groups -OCH3 is 2. The molecule has 2 aliphatic rings. The quantitative estimate of drug-likeness (QED) is 0.275. The largest absolute Gasteiger partial charge is 0.497 e. The molecule has 2 aliphatic carbocycles. The summed E-state index contributed by atoms with van der Waals surface area (Å²) in [6, 6.07) is 17.5. The van der Waals surface area contributed by atoms with E-state index in [1.54, 1.807) is 19.2 Å².